The first-order chi connectivity index (χ1) is 17.0. The molecule has 5 rings (SSSR count). The molecule has 0 amide bonds. The van der Waals surface area contributed by atoms with Crippen LogP contribution in [0.15, 0.2) is 53.8 Å². The fourth-order valence-electron chi connectivity index (χ4n) is 4.57. The van der Waals surface area contributed by atoms with E-state index in [9.17, 15) is 4.79 Å². The monoisotopic (exact) mass is 491 g/mol. The van der Waals surface area contributed by atoms with E-state index in [0.29, 0.717) is 16.7 Å². The van der Waals surface area contributed by atoms with Crippen LogP contribution in [0.3, 0.4) is 0 Å². The van der Waals surface area contributed by atoms with Crippen molar-refractivity contribution in [3.8, 4) is 22.8 Å². The first-order valence-electron chi connectivity index (χ1n) is 11.8. The molecule has 8 nitrogen and oxygen atoms in total. The Labute approximate surface area is 208 Å². The molecule has 0 bridgehead atoms. The molecule has 3 heterocycles. The van der Waals surface area contributed by atoms with Crippen molar-refractivity contribution in [2.24, 2.45) is 10.9 Å². The van der Waals surface area contributed by atoms with Crippen LogP contribution in [0.1, 0.15) is 50.6 Å². The normalized spacial score (nSPS) is 20.1. The number of benzene rings is 1. The molecule has 0 saturated heterocycles. The average molecular weight is 492 g/mol. The van der Waals surface area contributed by atoms with Gasteiger partial charge in [-0.2, -0.15) is 5.10 Å². The number of aromatic nitrogens is 4. The van der Waals surface area contributed by atoms with Crippen molar-refractivity contribution in [3.05, 3.63) is 59.5 Å². The minimum absolute atomic E-state index is 0.129. The van der Waals surface area contributed by atoms with Crippen molar-refractivity contribution in [3.63, 3.8) is 0 Å². The Morgan fingerprint density at radius 2 is 1.97 bits per heavy atom. The molecular weight excluding hydrogens is 466 g/mol. The quantitative estimate of drug-likeness (QED) is 0.452. The van der Waals surface area contributed by atoms with Gasteiger partial charge in [0.25, 0.3) is 0 Å². The van der Waals surface area contributed by atoms with E-state index in [-0.39, 0.29) is 18.4 Å². The highest BCUT2D eigenvalue weighted by Crippen LogP contribution is 2.31. The Hall–Kier alpha value is -3.52. The third-order valence-corrected chi connectivity index (χ3v) is 6.70. The zero-order valence-electron chi connectivity index (χ0n) is 19.2. The van der Waals surface area contributed by atoms with Crippen LogP contribution in [-0.2, 0) is 9.53 Å². The number of carboxylic acids is 1. The zero-order chi connectivity index (χ0) is 24.2. The van der Waals surface area contributed by atoms with Crippen LogP contribution in [0.2, 0.25) is 5.02 Å². The van der Waals surface area contributed by atoms with Gasteiger partial charge in [0.2, 0.25) is 0 Å². The first kappa shape index (κ1) is 23.2. The van der Waals surface area contributed by atoms with Gasteiger partial charge in [-0.3, -0.25) is 14.9 Å². The number of halogens is 1. The predicted octanol–water partition coefficient (Wildman–Crippen LogP) is 5.77. The molecule has 180 valence electrons. The molecular formula is C26H26ClN5O3. The number of carbonyl (C=O) groups is 1. The maximum Gasteiger partial charge on any atom is 0.303 e. The number of rotatable bonds is 6. The smallest absolute Gasteiger partial charge is 0.303 e. The first-order valence-corrected chi connectivity index (χ1v) is 12.2. The number of pyridine rings is 1. The van der Waals surface area contributed by atoms with Gasteiger partial charge in [-0.05, 0) is 67.9 Å². The highest BCUT2D eigenvalue weighted by atomic mass is 35.5. The molecule has 0 unspecified atom stereocenters. The summed E-state index contributed by atoms with van der Waals surface area (Å²) in [5.74, 6) is 1.53. The van der Waals surface area contributed by atoms with Crippen molar-refractivity contribution >= 4 is 29.0 Å². The summed E-state index contributed by atoms with van der Waals surface area (Å²) in [5, 5.41) is 16.9. The number of carboxylic acid groups (broad SMARTS) is 1. The molecule has 2 aromatic heterocycles. The Morgan fingerprint density at radius 1 is 1.11 bits per heavy atom. The summed E-state index contributed by atoms with van der Waals surface area (Å²) in [6.45, 7) is 0. The molecule has 1 saturated carbocycles. The van der Waals surface area contributed by atoms with E-state index >= 15 is 0 Å². The SMILES string of the molecule is O=C(O)CC1CCC(OC2=NC=C(c3ccc(-c4n[nH]c(-c5cccc(Cl)c5)n4)cn3)CC2)CC1. The largest absolute Gasteiger partial charge is 0.481 e. The lowest BCUT2D eigenvalue weighted by Crippen LogP contribution is -2.26. The second-order valence-corrected chi connectivity index (χ2v) is 9.42. The number of hydrogen-bond acceptors (Lipinski definition) is 6. The van der Waals surface area contributed by atoms with Crippen LogP contribution in [0.4, 0.5) is 0 Å². The summed E-state index contributed by atoms with van der Waals surface area (Å²) in [5.41, 5.74) is 3.62. The Morgan fingerprint density at radius 3 is 2.66 bits per heavy atom. The lowest BCUT2D eigenvalue weighted by Gasteiger charge is -2.29. The van der Waals surface area contributed by atoms with Crippen molar-refractivity contribution in [2.45, 2.75) is 51.0 Å². The van der Waals surface area contributed by atoms with Gasteiger partial charge in [-0.15, -0.1) is 0 Å². The molecule has 1 fully saturated rings. The number of aliphatic imine (C=N–C) groups is 1. The van der Waals surface area contributed by atoms with Crippen molar-refractivity contribution in [1.82, 2.24) is 20.2 Å². The summed E-state index contributed by atoms with van der Waals surface area (Å²) in [7, 11) is 0. The number of aromatic amines is 1. The van der Waals surface area contributed by atoms with Crippen LogP contribution < -0.4 is 0 Å². The maximum atomic E-state index is 10.9. The summed E-state index contributed by atoms with van der Waals surface area (Å²) >= 11 is 6.08. The standard InChI is InChI=1S/C26H26ClN5O3/c27-20-3-1-2-17(13-20)25-30-26(32-31-25)19-6-10-22(28-15-19)18-7-11-23(29-14-18)35-21-8-4-16(5-9-21)12-24(33)34/h1-3,6,10,13-16,21H,4-5,7-9,11-12H2,(H,33,34)(H,30,31,32). The second-order valence-electron chi connectivity index (χ2n) is 8.99. The van der Waals surface area contributed by atoms with Gasteiger partial charge in [0.15, 0.2) is 17.5 Å². The number of nitrogens with zero attached hydrogens (tertiary/aromatic N) is 4. The van der Waals surface area contributed by atoms with E-state index in [2.05, 4.69) is 25.2 Å². The number of ether oxygens (including phenoxy) is 1. The highest BCUT2D eigenvalue weighted by Gasteiger charge is 2.25. The predicted molar refractivity (Wildman–Crippen MR) is 134 cm³/mol. The average Bonchev–Trinajstić information content (AvgIpc) is 3.36. The second kappa shape index (κ2) is 10.4. The molecule has 1 aliphatic carbocycles. The highest BCUT2D eigenvalue weighted by molar-refractivity contribution is 6.30. The van der Waals surface area contributed by atoms with Crippen molar-refractivity contribution < 1.29 is 14.6 Å². The van der Waals surface area contributed by atoms with Crippen LogP contribution in [0.5, 0.6) is 0 Å². The fraction of sp³-hybridized carbons (Fsp3) is 0.346. The van der Waals surface area contributed by atoms with E-state index in [0.717, 1.165) is 66.8 Å². The van der Waals surface area contributed by atoms with E-state index in [1.54, 1.807) is 6.20 Å². The maximum absolute atomic E-state index is 10.9. The van der Waals surface area contributed by atoms with E-state index in [4.69, 9.17) is 21.4 Å². The zero-order valence-corrected chi connectivity index (χ0v) is 19.9. The van der Waals surface area contributed by atoms with Gasteiger partial charge in [0.05, 0.1) is 5.69 Å². The molecule has 0 spiro atoms. The van der Waals surface area contributed by atoms with Crippen LogP contribution in [0, 0.1) is 5.92 Å². The number of hydrogen-bond donors (Lipinski definition) is 2. The number of H-pyrrole nitrogens is 1. The Kier molecular flexibility index (Phi) is 6.90. The molecule has 35 heavy (non-hydrogen) atoms. The number of allylic oxidation sites excluding steroid dienone is 1. The molecule has 0 radical (unpaired) electrons. The summed E-state index contributed by atoms with van der Waals surface area (Å²) in [6.07, 6.45) is 9.09. The molecule has 3 aromatic rings. The van der Waals surface area contributed by atoms with Gasteiger partial charge in [0.1, 0.15) is 6.10 Å². The molecule has 1 aliphatic heterocycles. The van der Waals surface area contributed by atoms with Crippen molar-refractivity contribution in [1.29, 1.82) is 0 Å². The van der Waals surface area contributed by atoms with Gasteiger partial charge in [-0.25, -0.2) is 9.98 Å². The summed E-state index contributed by atoms with van der Waals surface area (Å²) < 4.78 is 6.10. The third kappa shape index (κ3) is 5.77. The van der Waals surface area contributed by atoms with Crippen LogP contribution in [-0.4, -0.2) is 43.2 Å². The van der Waals surface area contributed by atoms with Gasteiger partial charge in [-0.1, -0.05) is 23.7 Å². The van der Waals surface area contributed by atoms with Gasteiger partial charge < -0.3 is 9.84 Å². The number of aliphatic carboxylic acids is 1. The van der Waals surface area contributed by atoms with Crippen LogP contribution in [0.25, 0.3) is 28.3 Å². The van der Waals surface area contributed by atoms with Crippen LogP contribution >= 0.6 is 11.6 Å². The fourth-order valence-corrected chi connectivity index (χ4v) is 4.76. The summed E-state index contributed by atoms with van der Waals surface area (Å²) in [6, 6.07) is 11.4. The minimum atomic E-state index is -0.715. The molecule has 2 N–H and O–H groups in total. The summed E-state index contributed by atoms with van der Waals surface area (Å²) in [4.78, 5) is 24.6. The number of nitrogens with one attached hydrogen (secondary N) is 1. The lowest BCUT2D eigenvalue weighted by atomic mass is 9.85. The Balaban J connectivity index is 1.19. The minimum Gasteiger partial charge on any atom is -0.481 e. The topological polar surface area (TPSA) is 113 Å². The van der Waals surface area contributed by atoms with Crippen molar-refractivity contribution in [2.75, 3.05) is 0 Å². The van der Waals surface area contributed by atoms with Gasteiger partial charge >= 0.3 is 5.97 Å². The van der Waals surface area contributed by atoms with E-state index in [1.165, 1.54) is 0 Å². The van der Waals surface area contributed by atoms with Gasteiger partial charge in [0, 0.05) is 41.4 Å². The third-order valence-electron chi connectivity index (χ3n) is 6.47. The molecule has 9 heteroatoms. The molecule has 1 aromatic carbocycles. The molecule has 2 aliphatic rings. The Bertz CT molecular complexity index is 1260. The van der Waals surface area contributed by atoms with E-state index < -0.39 is 5.97 Å². The lowest BCUT2D eigenvalue weighted by molar-refractivity contribution is -0.138. The molecule has 0 atom stereocenters. The van der Waals surface area contributed by atoms with E-state index in [1.807, 2.05) is 42.6 Å².